The van der Waals surface area contributed by atoms with Crippen molar-refractivity contribution in [3.8, 4) is 5.75 Å². The quantitative estimate of drug-likeness (QED) is 0.617. The fourth-order valence-corrected chi connectivity index (χ4v) is 5.42. The Hall–Kier alpha value is -2.56. The van der Waals surface area contributed by atoms with Crippen LogP contribution in [-0.4, -0.2) is 18.0 Å². The van der Waals surface area contributed by atoms with Gasteiger partial charge in [-0.15, -0.1) is 0 Å². The van der Waals surface area contributed by atoms with E-state index in [1.807, 2.05) is 13.0 Å². The first-order valence-corrected chi connectivity index (χ1v) is 10.7. The Bertz CT molecular complexity index is 1190. The molecular formula is C25H28O5. The Morgan fingerprint density at radius 3 is 2.50 bits per heavy atom. The molecule has 1 aromatic heterocycles. The number of fused-ring (bicyclic) bond motifs is 6. The molecule has 0 bridgehead atoms. The average Bonchev–Trinajstić information content (AvgIpc) is 2.63. The lowest BCUT2D eigenvalue weighted by Crippen LogP contribution is -2.50. The summed E-state index contributed by atoms with van der Waals surface area (Å²) in [6.07, 6.45) is 1.21. The highest BCUT2D eigenvalue weighted by Gasteiger charge is 2.53. The molecule has 0 N–H and O–H groups in total. The summed E-state index contributed by atoms with van der Waals surface area (Å²) in [5, 5.41) is 0.538. The lowest BCUT2D eigenvalue weighted by atomic mass is 9.64. The second kappa shape index (κ2) is 5.99. The predicted molar refractivity (Wildman–Crippen MR) is 114 cm³/mol. The smallest absolute Gasteiger partial charge is 0.195 e. The van der Waals surface area contributed by atoms with Crippen molar-refractivity contribution in [3.05, 3.63) is 50.6 Å². The molecule has 0 saturated heterocycles. The molecule has 0 spiro atoms. The number of benzene rings is 1. The zero-order valence-electron chi connectivity index (χ0n) is 18.5. The summed E-state index contributed by atoms with van der Waals surface area (Å²) in [5.74, 6) is 1.95. The van der Waals surface area contributed by atoms with Crippen molar-refractivity contribution in [1.82, 2.24) is 0 Å². The van der Waals surface area contributed by atoms with Crippen molar-refractivity contribution in [3.63, 3.8) is 0 Å². The van der Waals surface area contributed by atoms with Gasteiger partial charge in [-0.05, 0) is 45.2 Å². The third kappa shape index (κ3) is 2.60. The molecule has 0 fully saturated rings. The van der Waals surface area contributed by atoms with Crippen LogP contribution in [0.3, 0.4) is 0 Å². The largest absolute Gasteiger partial charge is 0.493 e. The highest BCUT2D eigenvalue weighted by molar-refractivity contribution is 6.00. The van der Waals surface area contributed by atoms with Crippen molar-refractivity contribution in [2.45, 2.75) is 65.9 Å². The molecule has 0 unspecified atom stereocenters. The zero-order valence-corrected chi connectivity index (χ0v) is 18.5. The summed E-state index contributed by atoms with van der Waals surface area (Å²) >= 11 is 0. The molecule has 5 heteroatoms. The third-order valence-corrected chi connectivity index (χ3v) is 7.13. The van der Waals surface area contributed by atoms with Gasteiger partial charge >= 0.3 is 0 Å². The minimum absolute atomic E-state index is 0.0321. The topological polar surface area (TPSA) is 65.7 Å². The van der Waals surface area contributed by atoms with E-state index in [0.717, 1.165) is 23.3 Å². The van der Waals surface area contributed by atoms with E-state index in [0.29, 0.717) is 41.1 Å². The summed E-state index contributed by atoms with van der Waals surface area (Å²) in [7, 11) is 0. The zero-order chi connectivity index (χ0) is 21.6. The summed E-state index contributed by atoms with van der Waals surface area (Å²) in [6, 6.07) is 3.62. The highest BCUT2D eigenvalue weighted by atomic mass is 16.5. The molecule has 5 rings (SSSR count). The van der Waals surface area contributed by atoms with Crippen molar-refractivity contribution in [1.29, 1.82) is 0 Å². The van der Waals surface area contributed by atoms with Gasteiger partial charge in [0, 0.05) is 41.4 Å². The summed E-state index contributed by atoms with van der Waals surface area (Å²) < 4.78 is 18.8. The minimum Gasteiger partial charge on any atom is -0.493 e. The molecule has 1 aliphatic carbocycles. The third-order valence-electron chi connectivity index (χ3n) is 7.13. The van der Waals surface area contributed by atoms with Gasteiger partial charge in [0.2, 0.25) is 0 Å². The van der Waals surface area contributed by atoms with Crippen LogP contribution in [0.15, 0.2) is 32.7 Å². The first-order valence-electron chi connectivity index (χ1n) is 10.7. The molecule has 2 aromatic rings. The summed E-state index contributed by atoms with van der Waals surface area (Å²) in [6.45, 7) is 12.4. The molecule has 5 nitrogen and oxygen atoms in total. The normalized spacial score (nSPS) is 26.4. The van der Waals surface area contributed by atoms with Crippen LogP contribution in [0.1, 0.15) is 63.3 Å². The van der Waals surface area contributed by atoms with Gasteiger partial charge in [0.25, 0.3) is 0 Å². The standard InChI is InChI=1S/C25H28O5/c1-12-13(2)29-23-14(22(12)27)7-8-17-21(23)19-15(11-28-17)25(5,6)30-18-10-24(3,4)9-16(26)20(18)19/h7-8,15,19H,9-11H2,1-6H3/t15-,19+/m0/s1. The fraction of sp³-hybridized carbons (Fsp3) is 0.520. The van der Waals surface area contributed by atoms with Crippen LogP contribution in [0, 0.1) is 25.2 Å². The van der Waals surface area contributed by atoms with Crippen LogP contribution in [-0.2, 0) is 9.53 Å². The Morgan fingerprint density at radius 2 is 1.77 bits per heavy atom. The van der Waals surface area contributed by atoms with Crippen LogP contribution in [0.25, 0.3) is 11.0 Å². The number of hydrogen-bond acceptors (Lipinski definition) is 5. The van der Waals surface area contributed by atoms with E-state index in [1.165, 1.54) is 0 Å². The number of allylic oxidation sites excluding steroid dienone is 2. The minimum atomic E-state index is -0.503. The Balaban J connectivity index is 1.85. The van der Waals surface area contributed by atoms with E-state index in [9.17, 15) is 9.59 Å². The van der Waals surface area contributed by atoms with Crippen molar-refractivity contribution in [2.24, 2.45) is 11.3 Å². The van der Waals surface area contributed by atoms with Crippen molar-refractivity contribution < 1.29 is 18.7 Å². The Labute approximate surface area is 176 Å². The maximum Gasteiger partial charge on any atom is 0.195 e. The van der Waals surface area contributed by atoms with E-state index in [2.05, 4.69) is 27.7 Å². The molecule has 2 aliphatic heterocycles. The number of ether oxygens (including phenoxy) is 2. The molecule has 158 valence electrons. The van der Waals surface area contributed by atoms with E-state index in [4.69, 9.17) is 13.9 Å². The fourth-order valence-electron chi connectivity index (χ4n) is 5.42. The number of hydrogen-bond donors (Lipinski definition) is 0. The SMILES string of the molecule is Cc1oc2c3c(ccc2c(=O)c1C)OC[C@H]1[C@@H]3C2=C(CC(C)(C)CC2=O)OC1(C)C. The highest BCUT2D eigenvalue weighted by Crippen LogP contribution is 2.56. The lowest BCUT2D eigenvalue weighted by Gasteiger charge is -2.50. The Morgan fingerprint density at radius 1 is 1.03 bits per heavy atom. The first-order chi connectivity index (χ1) is 14.0. The number of rotatable bonds is 0. The van der Waals surface area contributed by atoms with Gasteiger partial charge < -0.3 is 13.9 Å². The monoisotopic (exact) mass is 408 g/mol. The van der Waals surface area contributed by atoms with Crippen LogP contribution in [0.2, 0.25) is 0 Å². The van der Waals surface area contributed by atoms with Gasteiger partial charge in [-0.25, -0.2) is 0 Å². The van der Waals surface area contributed by atoms with Crippen LogP contribution >= 0.6 is 0 Å². The molecular weight excluding hydrogens is 380 g/mol. The van der Waals surface area contributed by atoms with Crippen LogP contribution in [0.4, 0.5) is 0 Å². The van der Waals surface area contributed by atoms with Gasteiger partial charge in [0.15, 0.2) is 11.2 Å². The van der Waals surface area contributed by atoms with Crippen molar-refractivity contribution >= 4 is 16.8 Å². The molecule has 3 heterocycles. The second-order valence-electron chi connectivity index (χ2n) is 10.3. The van der Waals surface area contributed by atoms with Gasteiger partial charge in [-0.3, -0.25) is 9.59 Å². The first kappa shape index (κ1) is 19.4. The van der Waals surface area contributed by atoms with Crippen LogP contribution in [0.5, 0.6) is 5.75 Å². The molecule has 3 aliphatic rings. The molecule has 1 aromatic carbocycles. The molecule has 2 atom stereocenters. The maximum atomic E-state index is 13.4. The number of carbonyl (C=O) groups is 1. The summed E-state index contributed by atoms with van der Waals surface area (Å²) in [5.41, 5.74) is 2.05. The number of carbonyl (C=O) groups excluding carboxylic acids is 1. The summed E-state index contributed by atoms with van der Waals surface area (Å²) in [4.78, 5) is 26.3. The van der Waals surface area contributed by atoms with E-state index < -0.39 is 5.60 Å². The average molecular weight is 408 g/mol. The van der Waals surface area contributed by atoms with Gasteiger partial charge in [0.1, 0.15) is 28.5 Å². The van der Waals surface area contributed by atoms with Gasteiger partial charge in [0.05, 0.1) is 12.0 Å². The van der Waals surface area contributed by atoms with Gasteiger partial charge in [-0.1, -0.05) is 13.8 Å². The maximum absolute atomic E-state index is 13.4. The predicted octanol–water partition coefficient (Wildman–Crippen LogP) is 4.95. The van der Waals surface area contributed by atoms with Crippen LogP contribution < -0.4 is 10.2 Å². The number of Topliss-reactive ketones (excluding diaryl/α,β-unsaturated/α-hetero) is 1. The molecule has 30 heavy (non-hydrogen) atoms. The Kier molecular flexibility index (Phi) is 3.88. The van der Waals surface area contributed by atoms with E-state index in [1.54, 1.807) is 13.0 Å². The van der Waals surface area contributed by atoms with E-state index >= 15 is 0 Å². The number of ketones is 1. The van der Waals surface area contributed by atoms with Gasteiger partial charge in [-0.2, -0.15) is 0 Å². The lowest BCUT2D eigenvalue weighted by molar-refractivity contribution is -0.124. The second-order valence-corrected chi connectivity index (χ2v) is 10.3. The van der Waals surface area contributed by atoms with Crippen molar-refractivity contribution in [2.75, 3.05) is 6.61 Å². The molecule has 0 amide bonds. The van der Waals surface area contributed by atoms with E-state index in [-0.39, 0.29) is 28.5 Å². The molecule has 0 saturated carbocycles. The molecule has 0 radical (unpaired) electrons. The number of aryl methyl sites for hydroxylation is 1.